The summed E-state index contributed by atoms with van der Waals surface area (Å²) in [6, 6.07) is 7.55. The largest absolute Gasteiger partial charge is 0.322 e. The molecule has 19 heavy (non-hydrogen) atoms. The number of fused-ring (bicyclic) bond motifs is 1. The van der Waals surface area contributed by atoms with E-state index in [1.807, 2.05) is 35.0 Å². The van der Waals surface area contributed by atoms with Crippen LogP contribution in [0, 0.1) is 0 Å². The third-order valence-corrected chi connectivity index (χ3v) is 3.71. The van der Waals surface area contributed by atoms with Gasteiger partial charge in [-0.05, 0) is 36.1 Å². The summed E-state index contributed by atoms with van der Waals surface area (Å²) in [5.41, 5.74) is 3.49. The first-order chi connectivity index (χ1) is 9.28. The summed E-state index contributed by atoms with van der Waals surface area (Å²) in [6.45, 7) is 2.07. The minimum absolute atomic E-state index is 0.0813. The third-order valence-electron chi connectivity index (χ3n) is 3.03. The van der Waals surface area contributed by atoms with Crippen molar-refractivity contribution in [3.8, 4) is 0 Å². The number of carbonyl (C=O) groups excluding carboxylic acids is 1. The Morgan fingerprint density at radius 1 is 1.42 bits per heavy atom. The van der Waals surface area contributed by atoms with E-state index in [1.165, 1.54) is 11.3 Å². The van der Waals surface area contributed by atoms with Gasteiger partial charge in [-0.2, -0.15) is 16.4 Å². The molecule has 1 amide bonds. The SMILES string of the molecule is CCc1[nH]nc2ccc(NC(=O)c3ccsc3)cc12. The summed E-state index contributed by atoms with van der Waals surface area (Å²) in [6.07, 6.45) is 0.887. The molecule has 0 saturated carbocycles. The first-order valence-electron chi connectivity index (χ1n) is 6.08. The maximum Gasteiger partial charge on any atom is 0.256 e. The average Bonchev–Trinajstić information content (AvgIpc) is 3.07. The van der Waals surface area contributed by atoms with Crippen LogP contribution in [-0.2, 0) is 6.42 Å². The van der Waals surface area contributed by atoms with Gasteiger partial charge in [0, 0.05) is 22.1 Å². The molecule has 0 atom stereocenters. The molecule has 96 valence electrons. The Bertz CT molecular complexity index is 715. The number of aromatic nitrogens is 2. The molecule has 5 heteroatoms. The summed E-state index contributed by atoms with van der Waals surface area (Å²) in [5, 5.41) is 14.9. The van der Waals surface area contributed by atoms with Crippen LogP contribution in [0.4, 0.5) is 5.69 Å². The first-order valence-corrected chi connectivity index (χ1v) is 7.02. The number of amides is 1. The molecule has 2 N–H and O–H groups in total. The highest BCUT2D eigenvalue weighted by molar-refractivity contribution is 7.08. The summed E-state index contributed by atoms with van der Waals surface area (Å²) >= 11 is 1.51. The van der Waals surface area contributed by atoms with Crippen molar-refractivity contribution in [3.63, 3.8) is 0 Å². The molecule has 0 saturated heterocycles. The van der Waals surface area contributed by atoms with Gasteiger partial charge in [-0.25, -0.2) is 0 Å². The molecule has 0 spiro atoms. The highest BCUT2D eigenvalue weighted by atomic mass is 32.1. The molecule has 0 fully saturated rings. The number of rotatable bonds is 3. The lowest BCUT2D eigenvalue weighted by atomic mass is 10.1. The second-order valence-corrected chi connectivity index (χ2v) is 5.03. The van der Waals surface area contributed by atoms with Gasteiger partial charge >= 0.3 is 0 Å². The number of hydrogen-bond acceptors (Lipinski definition) is 3. The number of H-pyrrole nitrogens is 1. The maximum absolute atomic E-state index is 12.0. The van der Waals surface area contributed by atoms with Crippen LogP contribution in [0.1, 0.15) is 23.0 Å². The minimum atomic E-state index is -0.0813. The quantitative estimate of drug-likeness (QED) is 0.766. The van der Waals surface area contributed by atoms with Gasteiger partial charge in [0.15, 0.2) is 0 Å². The van der Waals surface area contributed by atoms with E-state index in [4.69, 9.17) is 0 Å². The highest BCUT2D eigenvalue weighted by Crippen LogP contribution is 2.21. The van der Waals surface area contributed by atoms with E-state index >= 15 is 0 Å². The predicted octanol–water partition coefficient (Wildman–Crippen LogP) is 3.44. The number of carbonyl (C=O) groups is 1. The Labute approximate surface area is 114 Å². The molecule has 0 unspecified atom stereocenters. The van der Waals surface area contributed by atoms with E-state index in [0.717, 1.165) is 28.7 Å². The van der Waals surface area contributed by atoms with E-state index < -0.39 is 0 Å². The van der Waals surface area contributed by atoms with Crippen LogP contribution in [-0.4, -0.2) is 16.1 Å². The van der Waals surface area contributed by atoms with Gasteiger partial charge in [0.25, 0.3) is 5.91 Å². The summed E-state index contributed by atoms with van der Waals surface area (Å²) in [5.74, 6) is -0.0813. The Hall–Kier alpha value is -2.14. The van der Waals surface area contributed by atoms with Crippen molar-refractivity contribution in [1.82, 2.24) is 10.2 Å². The number of anilines is 1. The van der Waals surface area contributed by atoms with Gasteiger partial charge in [-0.1, -0.05) is 6.92 Å². The molecular weight excluding hydrogens is 258 g/mol. The Morgan fingerprint density at radius 3 is 3.05 bits per heavy atom. The molecule has 3 rings (SSSR count). The van der Waals surface area contributed by atoms with Crippen LogP contribution in [0.25, 0.3) is 10.9 Å². The predicted molar refractivity (Wildman–Crippen MR) is 77.7 cm³/mol. The van der Waals surface area contributed by atoms with Crippen LogP contribution in [0.5, 0.6) is 0 Å². The average molecular weight is 271 g/mol. The number of aromatic amines is 1. The number of nitrogens with one attached hydrogen (secondary N) is 2. The molecule has 4 nitrogen and oxygen atoms in total. The molecule has 0 aliphatic carbocycles. The van der Waals surface area contributed by atoms with Crippen LogP contribution < -0.4 is 5.32 Å². The van der Waals surface area contributed by atoms with E-state index in [-0.39, 0.29) is 5.91 Å². The maximum atomic E-state index is 12.0. The first kappa shape index (κ1) is 11.9. The lowest BCUT2D eigenvalue weighted by molar-refractivity contribution is 0.102. The molecule has 2 aromatic heterocycles. The van der Waals surface area contributed by atoms with Crippen LogP contribution >= 0.6 is 11.3 Å². The van der Waals surface area contributed by atoms with E-state index in [0.29, 0.717) is 5.56 Å². The van der Waals surface area contributed by atoms with Crippen molar-refractivity contribution in [2.45, 2.75) is 13.3 Å². The lowest BCUT2D eigenvalue weighted by Gasteiger charge is -2.04. The van der Waals surface area contributed by atoms with Crippen molar-refractivity contribution >= 4 is 33.8 Å². The Balaban J connectivity index is 1.91. The minimum Gasteiger partial charge on any atom is -0.322 e. The fraction of sp³-hybridized carbons (Fsp3) is 0.143. The molecule has 0 aliphatic rings. The van der Waals surface area contributed by atoms with Crippen LogP contribution in [0.15, 0.2) is 35.0 Å². The molecule has 0 aliphatic heterocycles. The molecule has 0 radical (unpaired) electrons. The van der Waals surface area contributed by atoms with E-state index in [9.17, 15) is 4.79 Å². The van der Waals surface area contributed by atoms with Crippen molar-refractivity contribution in [3.05, 3.63) is 46.3 Å². The number of nitrogens with zero attached hydrogens (tertiary/aromatic N) is 1. The normalized spacial score (nSPS) is 10.8. The van der Waals surface area contributed by atoms with Crippen LogP contribution in [0.2, 0.25) is 0 Å². The van der Waals surface area contributed by atoms with Crippen LogP contribution in [0.3, 0.4) is 0 Å². The van der Waals surface area contributed by atoms with Crippen molar-refractivity contribution in [2.75, 3.05) is 5.32 Å². The number of thiophene rings is 1. The van der Waals surface area contributed by atoms with Gasteiger partial charge in [-0.15, -0.1) is 0 Å². The van der Waals surface area contributed by atoms with Gasteiger partial charge < -0.3 is 5.32 Å². The molecule has 0 bridgehead atoms. The van der Waals surface area contributed by atoms with Crippen molar-refractivity contribution < 1.29 is 4.79 Å². The smallest absolute Gasteiger partial charge is 0.256 e. The standard InChI is InChI=1S/C14H13N3OS/c1-2-12-11-7-10(3-4-13(11)17-16-12)15-14(18)9-5-6-19-8-9/h3-8H,2H2,1H3,(H,15,18)(H,16,17). The Kier molecular flexibility index (Phi) is 3.05. The monoisotopic (exact) mass is 271 g/mol. The molecule has 3 aromatic rings. The molecule has 1 aromatic carbocycles. The van der Waals surface area contributed by atoms with Gasteiger partial charge in [0.1, 0.15) is 0 Å². The highest BCUT2D eigenvalue weighted by Gasteiger charge is 2.08. The lowest BCUT2D eigenvalue weighted by Crippen LogP contribution is -2.10. The van der Waals surface area contributed by atoms with Crippen molar-refractivity contribution in [1.29, 1.82) is 0 Å². The summed E-state index contributed by atoms with van der Waals surface area (Å²) < 4.78 is 0. The zero-order valence-corrected chi connectivity index (χ0v) is 11.3. The third kappa shape index (κ3) is 2.24. The molecule has 2 heterocycles. The number of hydrogen-bond donors (Lipinski definition) is 2. The summed E-state index contributed by atoms with van der Waals surface area (Å²) in [7, 11) is 0. The van der Waals surface area contributed by atoms with Gasteiger partial charge in [0.2, 0.25) is 0 Å². The topological polar surface area (TPSA) is 57.8 Å². The number of benzene rings is 1. The molecular formula is C14H13N3OS. The van der Waals surface area contributed by atoms with E-state index in [2.05, 4.69) is 22.4 Å². The second kappa shape index (κ2) is 4.85. The fourth-order valence-electron chi connectivity index (χ4n) is 2.01. The van der Waals surface area contributed by atoms with Gasteiger partial charge in [-0.3, -0.25) is 9.89 Å². The zero-order valence-electron chi connectivity index (χ0n) is 10.4. The second-order valence-electron chi connectivity index (χ2n) is 4.25. The summed E-state index contributed by atoms with van der Waals surface area (Å²) in [4.78, 5) is 12.0. The van der Waals surface area contributed by atoms with Crippen molar-refractivity contribution in [2.24, 2.45) is 0 Å². The number of aryl methyl sites for hydroxylation is 1. The Morgan fingerprint density at radius 2 is 2.32 bits per heavy atom. The fourth-order valence-corrected chi connectivity index (χ4v) is 2.64. The van der Waals surface area contributed by atoms with Gasteiger partial charge in [0.05, 0.1) is 11.1 Å². The zero-order chi connectivity index (χ0) is 13.2. The van der Waals surface area contributed by atoms with E-state index in [1.54, 1.807) is 0 Å².